The first kappa shape index (κ1) is 24.1. The molecule has 0 radical (unpaired) electrons. The van der Waals surface area contributed by atoms with E-state index in [-0.39, 0.29) is 11.0 Å². The van der Waals surface area contributed by atoms with Gasteiger partial charge in [0.2, 0.25) is 5.62 Å². The minimum atomic E-state index is -0.144. The lowest BCUT2D eigenvalue weighted by atomic mass is 9.82. The zero-order valence-electron chi connectivity index (χ0n) is 22.7. The molecule has 0 spiro atoms. The highest BCUT2D eigenvalue weighted by molar-refractivity contribution is 5.91. The fraction of sp³-hybridized carbons (Fsp3) is 0.312. The van der Waals surface area contributed by atoms with Crippen molar-refractivity contribution < 1.29 is 0 Å². The van der Waals surface area contributed by atoms with Gasteiger partial charge in [0.05, 0.1) is 22.3 Å². The third-order valence-electron chi connectivity index (χ3n) is 6.79. The Morgan fingerprint density at radius 3 is 2.11 bits per heavy atom. The van der Waals surface area contributed by atoms with Crippen molar-refractivity contribution in [3.63, 3.8) is 0 Å². The third-order valence-corrected chi connectivity index (χ3v) is 6.79. The van der Waals surface area contributed by atoms with E-state index in [1.807, 2.05) is 6.20 Å². The van der Waals surface area contributed by atoms with E-state index in [9.17, 15) is 0 Å². The molecule has 5 aromatic rings. The van der Waals surface area contributed by atoms with Crippen molar-refractivity contribution in [1.29, 1.82) is 0 Å². The van der Waals surface area contributed by atoms with Crippen LogP contribution in [-0.2, 0) is 19.5 Å². The van der Waals surface area contributed by atoms with Crippen LogP contribution < -0.4 is 5.62 Å². The molecule has 0 saturated heterocycles. The molecule has 4 nitrogen and oxygen atoms in total. The van der Waals surface area contributed by atoms with E-state index < -0.39 is 0 Å². The summed E-state index contributed by atoms with van der Waals surface area (Å²) in [5, 5.41) is 2.56. The first-order chi connectivity index (χ1) is 16.9. The Hall–Kier alpha value is -3.66. The fourth-order valence-electron chi connectivity index (χ4n) is 4.99. The second kappa shape index (κ2) is 8.48. The summed E-state index contributed by atoms with van der Waals surface area (Å²) in [4.78, 5) is 9.73. The van der Waals surface area contributed by atoms with Crippen molar-refractivity contribution in [2.24, 2.45) is 19.1 Å². The van der Waals surface area contributed by atoms with E-state index in [1.165, 1.54) is 27.4 Å². The van der Waals surface area contributed by atoms with Gasteiger partial charge in [-0.25, -0.2) is 4.99 Å². The van der Waals surface area contributed by atoms with Crippen LogP contribution in [0.3, 0.4) is 0 Å². The van der Waals surface area contributed by atoms with Gasteiger partial charge in [0, 0.05) is 25.9 Å². The highest BCUT2D eigenvalue weighted by Gasteiger charge is 2.19. The predicted octanol–water partition coefficient (Wildman–Crippen LogP) is 7.40. The smallest absolute Gasteiger partial charge is 0.205 e. The molecule has 0 atom stereocenters. The summed E-state index contributed by atoms with van der Waals surface area (Å²) in [7, 11) is 4.18. The van der Waals surface area contributed by atoms with Crippen LogP contribution in [0.25, 0.3) is 44.2 Å². The Morgan fingerprint density at radius 1 is 0.694 bits per heavy atom. The van der Waals surface area contributed by atoms with Gasteiger partial charge in [0.15, 0.2) is 0 Å². The van der Waals surface area contributed by atoms with Gasteiger partial charge in [-0.2, -0.15) is 0 Å². The minimum Gasteiger partial charge on any atom is -0.313 e. The van der Waals surface area contributed by atoms with Gasteiger partial charge in [-0.05, 0) is 90.0 Å². The van der Waals surface area contributed by atoms with Crippen molar-refractivity contribution in [1.82, 2.24) is 14.1 Å². The molecule has 0 fully saturated rings. The molecule has 0 bridgehead atoms. The molecule has 0 aliphatic rings. The maximum atomic E-state index is 4.95. The van der Waals surface area contributed by atoms with E-state index in [4.69, 9.17) is 9.98 Å². The van der Waals surface area contributed by atoms with Crippen LogP contribution in [-0.4, -0.2) is 19.7 Å². The van der Waals surface area contributed by atoms with Crippen molar-refractivity contribution in [3.8, 4) is 22.4 Å². The fourth-order valence-corrected chi connectivity index (χ4v) is 4.99. The van der Waals surface area contributed by atoms with Crippen LogP contribution in [0, 0.1) is 0 Å². The highest BCUT2D eigenvalue weighted by Crippen LogP contribution is 2.35. The van der Waals surface area contributed by atoms with Crippen LogP contribution in [0.1, 0.15) is 47.1 Å². The second-order valence-corrected chi connectivity index (χ2v) is 11.8. The number of rotatable bonds is 2. The average molecular weight is 477 g/mol. The molecule has 184 valence electrons. The number of hydrogen-bond donors (Lipinski definition) is 0. The average Bonchev–Trinajstić information content (AvgIpc) is 3.06. The number of hydrogen-bond acceptors (Lipinski definition) is 2. The minimum absolute atomic E-state index is 0.0378. The topological polar surface area (TPSA) is 35.1 Å². The third kappa shape index (κ3) is 4.37. The highest BCUT2D eigenvalue weighted by atomic mass is 15.2. The number of imidazole rings is 1. The van der Waals surface area contributed by atoms with Gasteiger partial charge in [0.1, 0.15) is 0 Å². The second-order valence-electron chi connectivity index (χ2n) is 11.8. The summed E-state index contributed by atoms with van der Waals surface area (Å²) in [5.74, 6) is 0. The Labute approximate surface area is 214 Å². The molecular weight excluding hydrogens is 440 g/mol. The largest absolute Gasteiger partial charge is 0.313 e. The Bertz CT molecular complexity index is 1670. The van der Waals surface area contributed by atoms with Crippen LogP contribution >= 0.6 is 0 Å². The van der Waals surface area contributed by atoms with Gasteiger partial charge in [0.25, 0.3) is 0 Å². The molecule has 2 aromatic heterocycles. The summed E-state index contributed by atoms with van der Waals surface area (Å²) in [6, 6.07) is 24.2. The van der Waals surface area contributed by atoms with Crippen LogP contribution in [0.4, 0.5) is 0 Å². The van der Waals surface area contributed by atoms with E-state index in [2.05, 4.69) is 132 Å². The number of aromatic nitrogens is 3. The normalized spacial score (nSPS) is 13.2. The lowest BCUT2D eigenvalue weighted by Gasteiger charge is -2.22. The molecule has 0 aliphatic heterocycles. The number of aryl methyl sites for hydroxylation is 2. The van der Waals surface area contributed by atoms with Crippen LogP contribution in [0.15, 0.2) is 77.9 Å². The first-order valence-electron chi connectivity index (χ1n) is 12.6. The van der Waals surface area contributed by atoms with Crippen molar-refractivity contribution in [2.45, 2.75) is 52.5 Å². The van der Waals surface area contributed by atoms with Crippen LogP contribution in [0.2, 0.25) is 0 Å². The maximum Gasteiger partial charge on any atom is 0.205 e. The van der Waals surface area contributed by atoms with Crippen molar-refractivity contribution in [3.05, 3.63) is 84.1 Å². The molecule has 5 rings (SSSR count). The molecule has 2 heterocycles. The van der Waals surface area contributed by atoms with Crippen LogP contribution in [0.5, 0.6) is 0 Å². The Kier molecular flexibility index (Phi) is 5.66. The van der Waals surface area contributed by atoms with Gasteiger partial charge < -0.3 is 9.13 Å². The zero-order valence-corrected chi connectivity index (χ0v) is 22.7. The molecule has 3 aromatic carbocycles. The molecule has 0 saturated carbocycles. The lowest BCUT2D eigenvalue weighted by molar-refractivity contribution is 0.537. The van der Waals surface area contributed by atoms with E-state index in [0.29, 0.717) is 0 Å². The molecular formula is C32H36N4. The monoisotopic (exact) mass is 476 g/mol. The summed E-state index contributed by atoms with van der Waals surface area (Å²) < 4.78 is 4.36. The number of fused-ring (bicyclic) bond motifs is 2. The Morgan fingerprint density at radius 2 is 1.39 bits per heavy atom. The summed E-state index contributed by atoms with van der Waals surface area (Å²) in [6.45, 7) is 13.2. The molecule has 0 amide bonds. The molecule has 0 aliphatic carbocycles. The van der Waals surface area contributed by atoms with E-state index in [1.54, 1.807) is 0 Å². The van der Waals surface area contributed by atoms with E-state index in [0.717, 1.165) is 28.0 Å². The number of nitrogens with zero attached hydrogens (tertiary/aromatic N) is 4. The van der Waals surface area contributed by atoms with Gasteiger partial charge >= 0.3 is 0 Å². The summed E-state index contributed by atoms with van der Waals surface area (Å²) >= 11 is 0. The molecule has 0 N–H and O–H groups in total. The molecule has 36 heavy (non-hydrogen) atoms. The summed E-state index contributed by atoms with van der Waals surface area (Å²) in [6.07, 6.45) is 1.92. The lowest BCUT2D eigenvalue weighted by Crippen LogP contribution is -2.27. The maximum absolute atomic E-state index is 4.95. The SMILES string of the molecule is Cn1c(=NC(C)(C)C)n(C)c2cc(-c3ccnc(-c4cc(C(C)(C)C)c5ccccc5c4)c3)ccc21. The summed E-state index contributed by atoms with van der Waals surface area (Å²) in [5.41, 5.74) is 9.01. The zero-order chi connectivity index (χ0) is 25.8. The standard InChI is InChI=1S/C32H36N4/c1-31(2,3)26-18-24(17-23-11-9-10-12-25(23)26)27-19-22(15-16-33-27)21-13-14-28-29(20-21)36(8)30(35(28)7)34-32(4,5)6/h9-20H,1-8H3. The molecule has 0 unspecified atom stereocenters. The number of pyridine rings is 1. The van der Waals surface area contributed by atoms with E-state index >= 15 is 0 Å². The van der Waals surface area contributed by atoms with Crippen molar-refractivity contribution in [2.75, 3.05) is 0 Å². The number of benzene rings is 3. The predicted molar refractivity (Wildman–Crippen MR) is 152 cm³/mol. The van der Waals surface area contributed by atoms with Gasteiger partial charge in [-0.3, -0.25) is 4.98 Å². The van der Waals surface area contributed by atoms with Gasteiger partial charge in [-0.15, -0.1) is 0 Å². The van der Waals surface area contributed by atoms with Crippen molar-refractivity contribution >= 4 is 21.8 Å². The van der Waals surface area contributed by atoms with Gasteiger partial charge in [-0.1, -0.05) is 51.1 Å². The quantitative estimate of drug-likeness (QED) is 0.261. The first-order valence-corrected chi connectivity index (χ1v) is 12.6. The molecule has 4 heteroatoms. The Balaban J connectivity index is 1.65.